The maximum Gasteiger partial charge on any atom is 0.412 e. The summed E-state index contributed by atoms with van der Waals surface area (Å²) in [6.45, 7) is 9.71. The first-order chi connectivity index (χ1) is 9.52. The van der Waals surface area contributed by atoms with Gasteiger partial charge in [-0.2, -0.15) is 0 Å². The van der Waals surface area contributed by atoms with E-state index in [9.17, 15) is 4.79 Å². The molecule has 0 bridgehead atoms. The Labute approximate surface area is 131 Å². The quantitative estimate of drug-likeness (QED) is 0.863. The highest BCUT2D eigenvalue weighted by molar-refractivity contribution is 6.31. The number of hydrogen-bond acceptors (Lipinski definition) is 3. The standard InChI is InChI=1S/C16H23ClN2O2/c1-15(2,3)21-14(20)19-11-8-9(17)6-7-10(11)12-13(18)16(12,4)5/h6-8,12-13H,18H2,1-5H3,(H,19,20)/t12-,13-/m1/s1. The molecule has 0 heterocycles. The van der Waals surface area contributed by atoms with Crippen molar-refractivity contribution < 1.29 is 9.53 Å². The molecule has 0 aliphatic heterocycles. The molecule has 0 unspecified atom stereocenters. The molecule has 0 aromatic heterocycles. The summed E-state index contributed by atoms with van der Waals surface area (Å²) in [7, 11) is 0. The monoisotopic (exact) mass is 310 g/mol. The van der Waals surface area contributed by atoms with Crippen LogP contribution < -0.4 is 11.1 Å². The first kappa shape index (κ1) is 16.1. The van der Waals surface area contributed by atoms with E-state index in [1.165, 1.54) is 0 Å². The molecule has 1 amide bonds. The molecule has 1 saturated carbocycles. The second-order valence-electron chi connectivity index (χ2n) is 7.18. The van der Waals surface area contributed by atoms with Crippen LogP contribution >= 0.6 is 11.6 Å². The smallest absolute Gasteiger partial charge is 0.412 e. The van der Waals surface area contributed by atoms with Crippen LogP contribution in [0.4, 0.5) is 10.5 Å². The van der Waals surface area contributed by atoms with E-state index in [0.29, 0.717) is 10.7 Å². The molecule has 2 rings (SSSR count). The van der Waals surface area contributed by atoms with Crippen molar-refractivity contribution in [2.24, 2.45) is 11.1 Å². The molecule has 1 fully saturated rings. The zero-order valence-electron chi connectivity index (χ0n) is 13.2. The van der Waals surface area contributed by atoms with Crippen LogP contribution in [0.1, 0.15) is 46.1 Å². The van der Waals surface area contributed by atoms with Gasteiger partial charge in [0.2, 0.25) is 0 Å². The zero-order chi connectivity index (χ0) is 16.0. The van der Waals surface area contributed by atoms with E-state index in [1.807, 2.05) is 32.9 Å². The van der Waals surface area contributed by atoms with Crippen LogP contribution in [0, 0.1) is 5.41 Å². The van der Waals surface area contributed by atoms with Gasteiger partial charge in [-0.3, -0.25) is 5.32 Å². The van der Waals surface area contributed by atoms with Crippen molar-refractivity contribution in [1.82, 2.24) is 0 Å². The van der Waals surface area contributed by atoms with Crippen LogP contribution in [-0.2, 0) is 4.74 Å². The number of halogens is 1. The number of carbonyl (C=O) groups is 1. The number of carbonyl (C=O) groups excluding carboxylic acids is 1. The van der Waals surface area contributed by atoms with Crippen LogP contribution in [0.2, 0.25) is 5.02 Å². The predicted molar refractivity (Wildman–Crippen MR) is 85.8 cm³/mol. The summed E-state index contributed by atoms with van der Waals surface area (Å²) in [6, 6.07) is 5.56. The van der Waals surface area contributed by atoms with Gasteiger partial charge in [0.05, 0.1) is 0 Å². The molecule has 0 spiro atoms. The fourth-order valence-electron chi connectivity index (χ4n) is 2.59. The number of rotatable bonds is 2. The lowest BCUT2D eigenvalue weighted by Crippen LogP contribution is -2.27. The Balaban J connectivity index is 2.23. The van der Waals surface area contributed by atoms with E-state index in [-0.39, 0.29) is 17.4 Å². The molecular weight excluding hydrogens is 288 g/mol. The summed E-state index contributed by atoms with van der Waals surface area (Å²) in [4.78, 5) is 12.0. The number of anilines is 1. The third-order valence-electron chi connectivity index (χ3n) is 3.90. The number of amides is 1. The van der Waals surface area contributed by atoms with Crippen molar-refractivity contribution in [2.45, 2.75) is 52.2 Å². The van der Waals surface area contributed by atoms with Crippen LogP contribution in [0.15, 0.2) is 18.2 Å². The number of nitrogens with two attached hydrogens (primary N) is 1. The normalized spacial score (nSPS) is 23.6. The lowest BCUT2D eigenvalue weighted by molar-refractivity contribution is 0.0636. The van der Waals surface area contributed by atoms with Gasteiger partial charge in [-0.15, -0.1) is 0 Å². The third kappa shape index (κ3) is 3.50. The Bertz CT molecular complexity index is 564. The molecule has 1 aromatic carbocycles. The van der Waals surface area contributed by atoms with Gasteiger partial charge in [0.15, 0.2) is 0 Å². The largest absolute Gasteiger partial charge is 0.444 e. The summed E-state index contributed by atoms with van der Waals surface area (Å²) in [5.74, 6) is 0.208. The van der Waals surface area contributed by atoms with Crippen molar-refractivity contribution in [2.75, 3.05) is 5.32 Å². The molecule has 0 saturated heterocycles. The number of ether oxygens (including phenoxy) is 1. The minimum absolute atomic E-state index is 0.0260. The van der Waals surface area contributed by atoms with Gasteiger partial charge < -0.3 is 10.5 Å². The van der Waals surface area contributed by atoms with Gasteiger partial charge in [-0.05, 0) is 43.9 Å². The number of benzene rings is 1. The topological polar surface area (TPSA) is 64.3 Å². The molecule has 0 radical (unpaired) electrons. The van der Waals surface area contributed by atoms with Gasteiger partial charge in [-0.1, -0.05) is 31.5 Å². The maximum absolute atomic E-state index is 12.0. The highest BCUT2D eigenvalue weighted by atomic mass is 35.5. The highest BCUT2D eigenvalue weighted by Crippen LogP contribution is 2.58. The third-order valence-corrected chi connectivity index (χ3v) is 4.13. The molecule has 2 atom stereocenters. The molecule has 116 valence electrons. The lowest BCUT2D eigenvalue weighted by atomic mass is 10.0. The van der Waals surface area contributed by atoms with E-state index in [4.69, 9.17) is 22.1 Å². The Morgan fingerprint density at radius 1 is 1.38 bits per heavy atom. The second-order valence-corrected chi connectivity index (χ2v) is 7.62. The fraction of sp³-hybridized carbons (Fsp3) is 0.562. The molecule has 3 N–H and O–H groups in total. The average Bonchev–Trinajstić information content (AvgIpc) is 2.76. The van der Waals surface area contributed by atoms with Crippen LogP contribution in [-0.4, -0.2) is 17.7 Å². The maximum atomic E-state index is 12.0. The summed E-state index contributed by atoms with van der Waals surface area (Å²) >= 11 is 6.04. The van der Waals surface area contributed by atoms with E-state index in [0.717, 1.165) is 5.56 Å². The molecule has 1 aliphatic rings. The molecule has 1 aromatic rings. The molecule has 1 aliphatic carbocycles. The Morgan fingerprint density at radius 3 is 2.43 bits per heavy atom. The van der Waals surface area contributed by atoms with Crippen molar-refractivity contribution in [3.63, 3.8) is 0 Å². The minimum atomic E-state index is -0.544. The van der Waals surface area contributed by atoms with Gasteiger partial charge in [0.25, 0.3) is 0 Å². The van der Waals surface area contributed by atoms with Crippen LogP contribution in [0.25, 0.3) is 0 Å². The minimum Gasteiger partial charge on any atom is -0.444 e. The summed E-state index contributed by atoms with van der Waals surface area (Å²) in [5.41, 5.74) is 7.29. The van der Waals surface area contributed by atoms with E-state index < -0.39 is 11.7 Å². The predicted octanol–water partition coefficient (Wildman–Crippen LogP) is 4.14. The van der Waals surface area contributed by atoms with E-state index in [2.05, 4.69) is 19.2 Å². The Hall–Kier alpha value is -1.26. The summed E-state index contributed by atoms with van der Waals surface area (Å²) < 4.78 is 5.29. The van der Waals surface area contributed by atoms with Crippen molar-refractivity contribution in [3.05, 3.63) is 28.8 Å². The SMILES string of the molecule is CC(C)(C)OC(=O)Nc1cc(Cl)ccc1[C@@H]1[C@@H](N)C1(C)C. The van der Waals surface area contributed by atoms with Gasteiger partial charge in [0, 0.05) is 22.7 Å². The first-order valence-electron chi connectivity index (χ1n) is 7.07. The Morgan fingerprint density at radius 2 is 1.95 bits per heavy atom. The number of nitrogens with one attached hydrogen (secondary N) is 1. The van der Waals surface area contributed by atoms with Crippen molar-refractivity contribution >= 4 is 23.4 Å². The van der Waals surface area contributed by atoms with Crippen LogP contribution in [0.5, 0.6) is 0 Å². The molecular formula is C16H23ClN2O2. The fourth-order valence-corrected chi connectivity index (χ4v) is 2.77. The Kier molecular flexibility index (Phi) is 3.98. The highest BCUT2D eigenvalue weighted by Gasteiger charge is 2.56. The second kappa shape index (κ2) is 5.18. The van der Waals surface area contributed by atoms with Gasteiger partial charge >= 0.3 is 6.09 Å². The lowest BCUT2D eigenvalue weighted by Gasteiger charge is -2.20. The average molecular weight is 311 g/mol. The van der Waals surface area contributed by atoms with E-state index >= 15 is 0 Å². The zero-order valence-corrected chi connectivity index (χ0v) is 13.9. The number of hydrogen-bond donors (Lipinski definition) is 2. The molecule has 4 nitrogen and oxygen atoms in total. The van der Waals surface area contributed by atoms with Crippen LogP contribution in [0.3, 0.4) is 0 Å². The molecule has 21 heavy (non-hydrogen) atoms. The van der Waals surface area contributed by atoms with Gasteiger partial charge in [-0.25, -0.2) is 4.79 Å². The van der Waals surface area contributed by atoms with Gasteiger partial charge in [0.1, 0.15) is 5.60 Å². The first-order valence-corrected chi connectivity index (χ1v) is 7.45. The summed E-state index contributed by atoms with van der Waals surface area (Å²) in [5, 5.41) is 3.35. The van der Waals surface area contributed by atoms with E-state index in [1.54, 1.807) is 6.07 Å². The molecule has 5 heteroatoms. The van der Waals surface area contributed by atoms with Crippen molar-refractivity contribution in [3.8, 4) is 0 Å². The van der Waals surface area contributed by atoms with Crippen molar-refractivity contribution in [1.29, 1.82) is 0 Å². The summed E-state index contributed by atoms with van der Waals surface area (Å²) in [6.07, 6.45) is -0.488.